The zero-order valence-corrected chi connectivity index (χ0v) is 12.9. The van der Waals surface area contributed by atoms with Crippen molar-refractivity contribution in [1.82, 2.24) is 29.2 Å². The number of aromatic nitrogens is 5. The zero-order chi connectivity index (χ0) is 15.6. The first-order valence-corrected chi connectivity index (χ1v) is 7.98. The molecule has 1 amide bonds. The van der Waals surface area contributed by atoms with Crippen molar-refractivity contribution in [1.29, 1.82) is 0 Å². The number of amides is 1. The molecule has 1 fully saturated rings. The molecule has 2 aliphatic heterocycles. The number of fused-ring (bicyclic) bond motifs is 1. The number of nitrogens with zero attached hydrogens (tertiary/aromatic N) is 6. The van der Waals surface area contributed by atoms with Gasteiger partial charge in [-0.05, 0) is 6.42 Å². The minimum Gasteiger partial charge on any atom is -0.381 e. The number of carbonyl (C=O) groups is 1. The molecule has 4 heterocycles. The minimum atomic E-state index is -0.0106. The number of hydrogen-bond donors (Lipinski definition) is 0. The van der Waals surface area contributed by atoms with Crippen molar-refractivity contribution in [2.24, 2.45) is 11.8 Å². The van der Waals surface area contributed by atoms with Gasteiger partial charge in [-0.2, -0.15) is 5.10 Å². The number of ether oxygens (including phenoxy) is 1. The van der Waals surface area contributed by atoms with E-state index in [-0.39, 0.29) is 17.7 Å². The first kappa shape index (κ1) is 14.4. The highest BCUT2D eigenvalue weighted by Crippen LogP contribution is 2.22. The molecule has 2 aromatic rings. The Morgan fingerprint density at radius 3 is 3.13 bits per heavy atom. The van der Waals surface area contributed by atoms with Gasteiger partial charge >= 0.3 is 0 Å². The van der Waals surface area contributed by atoms with Crippen molar-refractivity contribution < 1.29 is 9.53 Å². The Morgan fingerprint density at radius 2 is 2.35 bits per heavy atom. The Balaban J connectivity index is 1.55. The van der Waals surface area contributed by atoms with Crippen LogP contribution in [0.15, 0.2) is 25.0 Å². The summed E-state index contributed by atoms with van der Waals surface area (Å²) in [6.07, 6.45) is 7.86. The normalized spacial score (nSPS) is 24.4. The molecule has 4 rings (SSSR count). The molecule has 0 aliphatic carbocycles. The average Bonchev–Trinajstić information content (AvgIpc) is 3.28. The molecule has 2 atom stereocenters. The van der Waals surface area contributed by atoms with Gasteiger partial charge in [-0.25, -0.2) is 9.97 Å². The quantitative estimate of drug-likeness (QED) is 0.806. The van der Waals surface area contributed by atoms with Gasteiger partial charge in [0.15, 0.2) is 0 Å². The number of imidazole rings is 1. The van der Waals surface area contributed by atoms with Crippen LogP contribution in [0.1, 0.15) is 12.2 Å². The lowest BCUT2D eigenvalue weighted by Gasteiger charge is -2.26. The van der Waals surface area contributed by atoms with E-state index in [0.29, 0.717) is 26.3 Å². The van der Waals surface area contributed by atoms with Crippen LogP contribution < -0.4 is 0 Å². The summed E-state index contributed by atoms with van der Waals surface area (Å²) in [7, 11) is 0. The average molecular weight is 316 g/mol. The molecule has 2 aromatic heterocycles. The standard InChI is InChI=1S/C15H20N6O2/c22-15(13-1-4-23-9-13)20-6-12(7-21-11-16-10-18-21)5-19-3-2-17-14(19)8-20/h2-3,10-13H,1,4-9H2/t12-,13+/m1/s1. The Morgan fingerprint density at radius 1 is 1.39 bits per heavy atom. The molecule has 0 saturated carbocycles. The summed E-state index contributed by atoms with van der Waals surface area (Å²) >= 11 is 0. The molecule has 0 N–H and O–H groups in total. The van der Waals surface area contributed by atoms with Gasteiger partial charge in [0.25, 0.3) is 0 Å². The Hall–Kier alpha value is -2.22. The van der Waals surface area contributed by atoms with Crippen LogP contribution in [0.25, 0.3) is 0 Å². The van der Waals surface area contributed by atoms with Crippen LogP contribution in [0, 0.1) is 11.8 Å². The molecule has 0 spiro atoms. The highest BCUT2D eigenvalue weighted by molar-refractivity contribution is 5.79. The summed E-state index contributed by atoms with van der Waals surface area (Å²) in [5, 5.41) is 4.19. The Kier molecular flexibility index (Phi) is 3.82. The summed E-state index contributed by atoms with van der Waals surface area (Å²) in [4.78, 5) is 23.2. The fourth-order valence-electron chi connectivity index (χ4n) is 3.40. The molecule has 0 unspecified atom stereocenters. The number of hydrogen-bond acceptors (Lipinski definition) is 5. The summed E-state index contributed by atoms with van der Waals surface area (Å²) in [5.74, 6) is 1.39. The largest absolute Gasteiger partial charge is 0.381 e. The predicted molar refractivity (Wildman–Crippen MR) is 80.1 cm³/mol. The zero-order valence-electron chi connectivity index (χ0n) is 12.9. The van der Waals surface area contributed by atoms with Crippen molar-refractivity contribution in [2.75, 3.05) is 19.8 Å². The van der Waals surface area contributed by atoms with E-state index in [1.807, 2.05) is 15.8 Å². The van der Waals surface area contributed by atoms with E-state index in [1.165, 1.54) is 6.33 Å². The number of rotatable bonds is 3. The highest BCUT2D eigenvalue weighted by Gasteiger charge is 2.32. The third-order valence-corrected chi connectivity index (χ3v) is 4.57. The Bertz CT molecular complexity index is 661. The van der Waals surface area contributed by atoms with E-state index in [9.17, 15) is 4.79 Å². The van der Waals surface area contributed by atoms with Crippen molar-refractivity contribution in [2.45, 2.75) is 26.1 Å². The molecule has 8 nitrogen and oxygen atoms in total. The molecule has 1 saturated heterocycles. The van der Waals surface area contributed by atoms with Crippen molar-refractivity contribution in [3.63, 3.8) is 0 Å². The third-order valence-electron chi connectivity index (χ3n) is 4.57. The summed E-state index contributed by atoms with van der Waals surface area (Å²) < 4.78 is 9.34. The van der Waals surface area contributed by atoms with Crippen molar-refractivity contribution in [3.05, 3.63) is 30.9 Å². The minimum absolute atomic E-state index is 0.0106. The van der Waals surface area contributed by atoms with Gasteiger partial charge in [0.2, 0.25) is 5.91 Å². The van der Waals surface area contributed by atoms with Gasteiger partial charge in [0, 0.05) is 44.6 Å². The SMILES string of the molecule is O=C([C@H]1CCOC1)N1Cc2nccn2C[C@@H](Cn2cncn2)C1. The fourth-order valence-corrected chi connectivity index (χ4v) is 3.40. The van der Waals surface area contributed by atoms with Crippen LogP contribution in [0.2, 0.25) is 0 Å². The molecular weight excluding hydrogens is 296 g/mol. The molecule has 8 heteroatoms. The first-order valence-electron chi connectivity index (χ1n) is 7.98. The van der Waals surface area contributed by atoms with Crippen LogP contribution in [0.5, 0.6) is 0 Å². The van der Waals surface area contributed by atoms with Crippen LogP contribution in [0.3, 0.4) is 0 Å². The molecule has 122 valence electrons. The maximum Gasteiger partial charge on any atom is 0.228 e. The van der Waals surface area contributed by atoms with Gasteiger partial charge < -0.3 is 14.2 Å². The highest BCUT2D eigenvalue weighted by atomic mass is 16.5. The summed E-state index contributed by atoms with van der Waals surface area (Å²) in [6.45, 7) is 4.07. The molecular formula is C15H20N6O2. The predicted octanol–water partition coefficient (Wildman–Crippen LogP) is 0.170. The van der Waals surface area contributed by atoms with Gasteiger partial charge in [0.1, 0.15) is 18.5 Å². The monoisotopic (exact) mass is 316 g/mol. The second-order valence-electron chi connectivity index (χ2n) is 6.26. The van der Waals surface area contributed by atoms with Crippen LogP contribution in [-0.2, 0) is 29.2 Å². The van der Waals surface area contributed by atoms with Gasteiger partial charge in [-0.1, -0.05) is 0 Å². The molecule has 23 heavy (non-hydrogen) atoms. The van der Waals surface area contributed by atoms with E-state index in [2.05, 4.69) is 19.6 Å². The molecule has 2 aliphatic rings. The topological polar surface area (TPSA) is 78.1 Å². The lowest BCUT2D eigenvalue weighted by Crippen LogP contribution is -2.39. The maximum absolute atomic E-state index is 12.8. The second-order valence-corrected chi connectivity index (χ2v) is 6.26. The van der Waals surface area contributed by atoms with Crippen LogP contribution >= 0.6 is 0 Å². The Labute approximate surface area is 134 Å². The van der Waals surface area contributed by atoms with Crippen molar-refractivity contribution >= 4 is 5.91 Å². The van der Waals surface area contributed by atoms with E-state index >= 15 is 0 Å². The van der Waals surface area contributed by atoms with Gasteiger partial charge in [0.05, 0.1) is 19.1 Å². The van der Waals surface area contributed by atoms with E-state index in [1.54, 1.807) is 12.5 Å². The summed E-state index contributed by atoms with van der Waals surface area (Å²) in [6, 6.07) is 0. The van der Waals surface area contributed by atoms with E-state index < -0.39 is 0 Å². The smallest absolute Gasteiger partial charge is 0.228 e. The third kappa shape index (κ3) is 2.98. The maximum atomic E-state index is 12.8. The van der Waals surface area contributed by atoms with Gasteiger partial charge in [-0.3, -0.25) is 9.48 Å². The van der Waals surface area contributed by atoms with E-state index in [4.69, 9.17) is 4.74 Å². The molecule has 0 radical (unpaired) electrons. The lowest BCUT2D eigenvalue weighted by atomic mass is 10.1. The molecule has 0 bridgehead atoms. The molecule has 0 aromatic carbocycles. The van der Waals surface area contributed by atoms with Gasteiger partial charge in [-0.15, -0.1) is 0 Å². The number of carbonyl (C=O) groups excluding carboxylic acids is 1. The van der Waals surface area contributed by atoms with E-state index in [0.717, 1.165) is 25.3 Å². The fraction of sp³-hybridized carbons (Fsp3) is 0.600. The van der Waals surface area contributed by atoms with Crippen LogP contribution in [0.4, 0.5) is 0 Å². The first-order chi connectivity index (χ1) is 11.3. The second kappa shape index (κ2) is 6.11. The lowest BCUT2D eigenvalue weighted by molar-refractivity contribution is -0.136. The summed E-state index contributed by atoms with van der Waals surface area (Å²) in [5.41, 5.74) is 0. The van der Waals surface area contributed by atoms with Crippen LogP contribution in [-0.4, -0.2) is 54.9 Å². The van der Waals surface area contributed by atoms with Crippen molar-refractivity contribution in [3.8, 4) is 0 Å².